The van der Waals surface area contributed by atoms with Crippen LogP contribution in [-0.4, -0.2) is 5.97 Å². The highest BCUT2D eigenvalue weighted by Gasteiger charge is 2.53. The van der Waals surface area contributed by atoms with Gasteiger partial charge in [-0.3, -0.25) is 0 Å². The Morgan fingerprint density at radius 2 is 1.29 bits per heavy atom. The number of nitrogens with one attached hydrogen (secondary N) is 2. The lowest BCUT2D eigenvalue weighted by atomic mass is 9.77. The predicted octanol–water partition coefficient (Wildman–Crippen LogP) is 8.40. The monoisotopic (exact) mass is 516 g/mol. The van der Waals surface area contributed by atoms with Crippen LogP contribution in [0, 0.1) is 0 Å². The molecule has 0 radical (unpaired) electrons. The molecule has 0 bridgehead atoms. The van der Waals surface area contributed by atoms with Crippen molar-refractivity contribution in [2.24, 2.45) is 0 Å². The van der Waals surface area contributed by atoms with Crippen molar-refractivity contribution in [3.63, 3.8) is 0 Å². The third-order valence-electron chi connectivity index (χ3n) is 6.89. The van der Waals surface area contributed by atoms with Crippen LogP contribution in [0.5, 0.6) is 11.5 Å². The molecular formula is C32H21ClN2O3. The molecule has 2 aliphatic heterocycles. The van der Waals surface area contributed by atoms with Crippen molar-refractivity contribution in [3.8, 4) is 11.5 Å². The fraction of sp³-hybridized carbons (Fsp3) is 0.0312. The molecule has 1 unspecified atom stereocenters. The van der Waals surface area contributed by atoms with Crippen molar-refractivity contribution in [1.29, 1.82) is 0 Å². The van der Waals surface area contributed by atoms with Gasteiger partial charge in [-0.2, -0.15) is 0 Å². The van der Waals surface area contributed by atoms with Gasteiger partial charge in [-0.25, -0.2) is 4.79 Å². The summed E-state index contributed by atoms with van der Waals surface area (Å²) in [5.41, 5.74) is 5.21. The van der Waals surface area contributed by atoms with Crippen molar-refractivity contribution >= 4 is 40.3 Å². The SMILES string of the molecule is O=C1OC2(c3ccc(Nc4ccccc4)cc3Oc3ccc(Nc4cccc(Cl)c4)cc32)c2ccccc21. The molecule has 1 atom stereocenters. The van der Waals surface area contributed by atoms with Gasteiger partial charge in [-0.05, 0) is 66.7 Å². The van der Waals surface area contributed by atoms with Crippen LogP contribution in [0.15, 0.2) is 115 Å². The molecule has 5 aromatic carbocycles. The highest BCUT2D eigenvalue weighted by Crippen LogP contribution is 2.57. The Bertz CT molecular complexity index is 1720. The second-order valence-electron chi connectivity index (χ2n) is 9.27. The molecule has 5 aromatic rings. The highest BCUT2D eigenvalue weighted by molar-refractivity contribution is 6.30. The molecule has 1 spiro atoms. The van der Waals surface area contributed by atoms with Gasteiger partial charge in [-0.1, -0.05) is 54.1 Å². The molecule has 0 amide bonds. The fourth-order valence-electron chi connectivity index (χ4n) is 5.25. The third kappa shape index (κ3) is 3.59. The molecule has 0 saturated carbocycles. The lowest BCUT2D eigenvalue weighted by molar-refractivity contribution is 0.0224. The van der Waals surface area contributed by atoms with E-state index in [0.29, 0.717) is 22.1 Å². The van der Waals surface area contributed by atoms with Crippen molar-refractivity contribution in [2.75, 3.05) is 10.6 Å². The molecule has 7 rings (SSSR count). The van der Waals surface area contributed by atoms with Crippen molar-refractivity contribution < 1.29 is 14.3 Å². The number of anilines is 4. The maximum atomic E-state index is 13.2. The van der Waals surface area contributed by atoms with E-state index in [1.807, 2.05) is 109 Å². The summed E-state index contributed by atoms with van der Waals surface area (Å²) < 4.78 is 12.7. The lowest BCUT2D eigenvalue weighted by Gasteiger charge is -2.37. The average Bonchev–Trinajstić information content (AvgIpc) is 3.22. The lowest BCUT2D eigenvalue weighted by Crippen LogP contribution is -2.33. The number of ether oxygens (including phenoxy) is 2. The summed E-state index contributed by atoms with van der Waals surface area (Å²) in [6.07, 6.45) is 0. The molecule has 184 valence electrons. The first kappa shape index (κ1) is 22.5. The first-order valence-corrected chi connectivity index (χ1v) is 12.6. The molecule has 2 aliphatic rings. The van der Waals surface area contributed by atoms with Gasteiger partial charge in [-0.15, -0.1) is 0 Å². The van der Waals surface area contributed by atoms with Crippen molar-refractivity contribution in [2.45, 2.75) is 5.60 Å². The number of halogens is 1. The van der Waals surface area contributed by atoms with E-state index in [4.69, 9.17) is 21.1 Å². The van der Waals surface area contributed by atoms with Crippen molar-refractivity contribution in [3.05, 3.63) is 143 Å². The minimum atomic E-state index is -1.14. The first-order valence-electron chi connectivity index (χ1n) is 12.2. The number of fused-ring (bicyclic) bond motifs is 6. The topological polar surface area (TPSA) is 59.6 Å². The number of carbonyl (C=O) groups is 1. The van der Waals surface area contributed by atoms with Crippen LogP contribution in [0.4, 0.5) is 22.7 Å². The molecule has 0 saturated heterocycles. The Labute approximate surface area is 224 Å². The van der Waals surface area contributed by atoms with E-state index >= 15 is 0 Å². The second-order valence-corrected chi connectivity index (χ2v) is 9.70. The van der Waals surface area contributed by atoms with Crippen LogP contribution < -0.4 is 15.4 Å². The maximum Gasteiger partial charge on any atom is 0.340 e. The molecule has 6 heteroatoms. The van der Waals surface area contributed by atoms with E-state index in [0.717, 1.165) is 39.4 Å². The van der Waals surface area contributed by atoms with Crippen LogP contribution >= 0.6 is 11.6 Å². The van der Waals surface area contributed by atoms with Crippen LogP contribution in [0.2, 0.25) is 5.02 Å². The van der Waals surface area contributed by atoms with Gasteiger partial charge in [0.2, 0.25) is 0 Å². The minimum absolute atomic E-state index is 0.362. The van der Waals surface area contributed by atoms with E-state index in [9.17, 15) is 4.79 Å². The number of hydrogen-bond acceptors (Lipinski definition) is 5. The smallest absolute Gasteiger partial charge is 0.340 e. The Balaban J connectivity index is 1.38. The minimum Gasteiger partial charge on any atom is -0.456 e. The van der Waals surface area contributed by atoms with Crippen LogP contribution in [0.3, 0.4) is 0 Å². The zero-order chi connectivity index (χ0) is 25.7. The van der Waals surface area contributed by atoms with Gasteiger partial charge >= 0.3 is 5.97 Å². The summed E-state index contributed by atoms with van der Waals surface area (Å²) in [7, 11) is 0. The molecule has 0 aliphatic carbocycles. The van der Waals surface area contributed by atoms with E-state index in [1.165, 1.54) is 0 Å². The predicted molar refractivity (Wildman–Crippen MR) is 149 cm³/mol. The van der Waals surface area contributed by atoms with Gasteiger partial charge < -0.3 is 20.1 Å². The summed E-state index contributed by atoms with van der Waals surface area (Å²) in [6, 6.07) is 36.7. The molecular weight excluding hydrogens is 496 g/mol. The number of esters is 1. The largest absolute Gasteiger partial charge is 0.456 e. The van der Waals surface area contributed by atoms with E-state index in [1.54, 1.807) is 6.07 Å². The van der Waals surface area contributed by atoms with Gasteiger partial charge in [0, 0.05) is 50.5 Å². The quantitative estimate of drug-likeness (QED) is 0.235. The molecule has 5 nitrogen and oxygen atoms in total. The van der Waals surface area contributed by atoms with Crippen LogP contribution in [0.1, 0.15) is 27.0 Å². The number of carbonyl (C=O) groups excluding carboxylic acids is 1. The normalized spacial score (nSPS) is 16.6. The fourth-order valence-corrected chi connectivity index (χ4v) is 5.44. The van der Waals surface area contributed by atoms with Gasteiger partial charge in [0.1, 0.15) is 11.5 Å². The Morgan fingerprint density at radius 1 is 0.579 bits per heavy atom. The number of hydrogen-bond donors (Lipinski definition) is 2. The summed E-state index contributed by atoms with van der Waals surface area (Å²) >= 11 is 6.19. The van der Waals surface area contributed by atoms with E-state index < -0.39 is 5.60 Å². The second kappa shape index (κ2) is 8.68. The number of para-hydroxylation sites is 1. The summed E-state index contributed by atoms with van der Waals surface area (Å²) in [6.45, 7) is 0. The Kier molecular flexibility index (Phi) is 5.13. The molecule has 0 fully saturated rings. The van der Waals surface area contributed by atoms with Crippen LogP contribution in [-0.2, 0) is 10.3 Å². The zero-order valence-corrected chi connectivity index (χ0v) is 20.8. The first-order chi connectivity index (χ1) is 18.6. The van der Waals surface area contributed by atoms with Gasteiger partial charge in [0.25, 0.3) is 0 Å². The number of rotatable bonds is 4. The zero-order valence-electron chi connectivity index (χ0n) is 20.1. The standard InChI is InChI=1S/C32H21ClN2O3/c33-20-7-6-10-22(17-20)35-23-14-16-29-28(18-23)32(26-12-5-4-11-25(26)31(36)38-32)27-15-13-24(19-30(27)37-29)34-21-8-2-1-3-9-21/h1-19,34-35H. The average molecular weight is 517 g/mol. The molecule has 2 heterocycles. The van der Waals surface area contributed by atoms with Crippen molar-refractivity contribution in [1.82, 2.24) is 0 Å². The Hall–Kier alpha value is -4.74. The molecule has 2 N–H and O–H groups in total. The summed E-state index contributed by atoms with van der Waals surface area (Å²) in [5, 5.41) is 7.46. The molecule has 38 heavy (non-hydrogen) atoms. The number of benzene rings is 5. The van der Waals surface area contributed by atoms with E-state index in [2.05, 4.69) is 10.6 Å². The highest BCUT2D eigenvalue weighted by atomic mass is 35.5. The third-order valence-corrected chi connectivity index (χ3v) is 7.12. The molecule has 0 aromatic heterocycles. The van der Waals surface area contributed by atoms with Gasteiger partial charge in [0.15, 0.2) is 5.60 Å². The van der Waals surface area contributed by atoms with Crippen LogP contribution in [0.25, 0.3) is 0 Å². The summed E-state index contributed by atoms with van der Waals surface area (Å²) in [5.74, 6) is 0.882. The summed E-state index contributed by atoms with van der Waals surface area (Å²) in [4.78, 5) is 13.2. The van der Waals surface area contributed by atoms with Gasteiger partial charge in [0.05, 0.1) is 5.56 Å². The van der Waals surface area contributed by atoms with E-state index in [-0.39, 0.29) is 5.97 Å². The maximum absolute atomic E-state index is 13.2. The Morgan fingerprint density at radius 3 is 2.16 bits per heavy atom.